The van der Waals surface area contributed by atoms with Crippen LogP contribution in [0.1, 0.15) is 61.7 Å². The van der Waals surface area contributed by atoms with Crippen molar-refractivity contribution in [1.82, 2.24) is 14.7 Å². The van der Waals surface area contributed by atoms with Crippen molar-refractivity contribution in [3.63, 3.8) is 0 Å². The summed E-state index contributed by atoms with van der Waals surface area (Å²) in [5.74, 6) is 0.466. The van der Waals surface area contributed by atoms with Gasteiger partial charge in [-0.2, -0.15) is 0 Å². The summed E-state index contributed by atoms with van der Waals surface area (Å²) < 4.78 is 13.2. The first kappa shape index (κ1) is 22.3. The van der Waals surface area contributed by atoms with E-state index >= 15 is 0 Å². The van der Waals surface area contributed by atoms with Crippen LogP contribution in [0.25, 0.3) is 0 Å². The van der Waals surface area contributed by atoms with E-state index in [1.54, 1.807) is 4.90 Å². The lowest BCUT2D eigenvalue weighted by atomic mass is 9.89. The number of carbonyl (C=O) groups excluding carboxylic acids is 2. The summed E-state index contributed by atoms with van der Waals surface area (Å²) in [5.41, 5.74) is 0.489. The molecule has 1 aromatic carbocycles. The Morgan fingerprint density at radius 1 is 0.806 bits per heavy atom. The second-order valence-corrected chi connectivity index (χ2v) is 9.58. The summed E-state index contributed by atoms with van der Waals surface area (Å²) in [6.07, 6.45) is 9.57. The van der Waals surface area contributed by atoms with Crippen LogP contribution in [-0.2, 0) is 4.79 Å². The normalized spacial score (nSPS) is 24.1. The number of carbonyl (C=O) groups is 2. The molecule has 1 aliphatic carbocycles. The van der Waals surface area contributed by atoms with Crippen molar-refractivity contribution in [3.05, 3.63) is 35.6 Å². The van der Waals surface area contributed by atoms with Gasteiger partial charge in [0.2, 0.25) is 5.91 Å². The molecule has 3 fully saturated rings. The molecule has 1 unspecified atom stereocenters. The van der Waals surface area contributed by atoms with Crippen LogP contribution in [0.15, 0.2) is 24.3 Å². The van der Waals surface area contributed by atoms with Crippen molar-refractivity contribution in [2.24, 2.45) is 11.8 Å². The minimum Gasteiger partial charge on any atom is -0.341 e. The summed E-state index contributed by atoms with van der Waals surface area (Å²) >= 11 is 0. The van der Waals surface area contributed by atoms with E-state index in [-0.39, 0.29) is 23.5 Å². The number of rotatable bonds is 4. The largest absolute Gasteiger partial charge is 0.341 e. The third-order valence-corrected chi connectivity index (χ3v) is 7.29. The van der Waals surface area contributed by atoms with Crippen LogP contribution in [0.4, 0.5) is 4.39 Å². The van der Waals surface area contributed by atoms with Gasteiger partial charge < -0.3 is 14.7 Å². The van der Waals surface area contributed by atoms with Gasteiger partial charge in [0.05, 0.1) is 5.92 Å². The Bertz CT molecular complexity index is 748. The maximum Gasteiger partial charge on any atom is 0.253 e. The maximum absolute atomic E-state index is 13.3. The van der Waals surface area contributed by atoms with Crippen molar-refractivity contribution >= 4 is 11.8 Å². The zero-order chi connectivity index (χ0) is 21.6. The van der Waals surface area contributed by atoms with E-state index in [1.165, 1.54) is 62.9 Å². The van der Waals surface area contributed by atoms with E-state index in [0.29, 0.717) is 18.7 Å². The number of halogens is 1. The molecular formula is C25H36FN3O2. The highest BCUT2D eigenvalue weighted by atomic mass is 19.1. The van der Waals surface area contributed by atoms with Crippen molar-refractivity contribution in [1.29, 1.82) is 0 Å². The number of piperidine rings is 1. The van der Waals surface area contributed by atoms with Gasteiger partial charge in [-0.15, -0.1) is 0 Å². The van der Waals surface area contributed by atoms with Crippen LogP contribution < -0.4 is 0 Å². The average Bonchev–Trinajstić information content (AvgIpc) is 3.05. The molecule has 6 heteroatoms. The lowest BCUT2D eigenvalue weighted by Crippen LogP contribution is -2.47. The number of benzene rings is 1. The zero-order valence-electron chi connectivity index (χ0n) is 18.6. The number of hydrogen-bond donors (Lipinski definition) is 0. The van der Waals surface area contributed by atoms with E-state index < -0.39 is 0 Å². The molecule has 3 aliphatic rings. The summed E-state index contributed by atoms with van der Waals surface area (Å²) in [6, 6.07) is 5.68. The zero-order valence-corrected chi connectivity index (χ0v) is 18.6. The van der Waals surface area contributed by atoms with Crippen LogP contribution in [0.5, 0.6) is 0 Å². The second kappa shape index (κ2) is 10.6. The lowest BCUT2D eigenvalue weighted by molar-refractivity contribution is -0.136. The number of nitrogens with zero attached hydrogens (tertiary/aromatic N) is 3. The molecular weight excluding hydrogens is 393 g/mol. The van der Waals surface area contributed by atoms with Crippen molar-refractivity contribution in [2.45, 2.75) is 51.4 Å². The molecule has 31 heavy (non-hydrogen) atoms. The summed E-state index contributed by atoms with van der Waals surface area (Å²) in [6.45, 7) is 5.99. The highest BCUT2D eigenvalue weighted by molar-refractivity contribution is 5.94. The molecule has 170 valence electrons. The first-order chi connectivity index (χ1) is 15.1. The molecule has 2 saturated heterocycles. The molecule has 1 saturated carbocycles. The van der Waals surface area contributed by atoms with E-state index in [4.69, 9.17) is 0 Å². The van der Waals surface area contributed by atoms with E-state index in [9.17, 15) is 14.0 Å². The Morgan fingerprint density at radius 3 is 2.32 bits per heavy atom. The SMILES string of the molecule is O=C(c1ccc(F)cc1)N1CCCC(C(=O)N2CCCN(CC3CCCCC3)CC2)C1. The van der Waals surface area contributed by atoms with Crippen LogP contribution in [0, 0.1) is 17.7 Å². The Balaban J connectivity index is 1.30. The average molecular weight is 430 g/mol. The molecule has 0 N–H and O–H groups in total. The molecule has 2 heterocycles. The predicted molar refractivity (Wildman–Crippen MR) is 119 cm³/mol. The Morgan fingerprint density at radius 2 is 1.55 bits per heavy atom. The molecule has 0 radical (unpaired) electrons. The number of amides is 2. The number of hydrogen-bond acceptors (Lipinski definition) is 3. The standard InChI is InChI=1S/C25H36FN3O2/c26-23-11-9-21(10-12-23)24(30)29-14-4-8-22(19-29)25(31)28-15-5-13-27(16-17-28)18-20-6-2-1-3-7-20/h9-12,20,22H,1-8,13-19H2. The lowest BCUT2D eigenvalue weighted by Gasteiger charge is -2.35. The van der Waals surface area contributed by atoms with Crippen molar-refractivity contribution in [3.8, 4) is 0 Å². The number of likely N-dealkylation sites (tertiary alicyclic amines) is 1. The fraction of sp³-hybridized carbons (Fsp3) is 0.680. The van der Waals surface area contributed by atoms with Gasteiger partial charge in [-0.3, -0.25) is 9.59 Å². The van der Waals surface area contributed by atoms with E-state index in [0.717, 1.165) is 51.4 Å². The molecule has 0 bridgehead atoms. The fourth-order valence-electron chi connectivity index (χ4n) is 5.51. The van der Waals surface area contributed by atoms with Gasteiger partial charge in [-0.1, -0.05) is 19.3 Å². The van der Waals surface area contributed by atoms with Gasteiger partial charge in [0.15, 0.2) is 0 Å². The van der Waals surface area contributed by atoms with Gasteiger partial charge in [0.1, 0.15) is 5.82 Å². The third kappa shape index (κ3) is 5.85. The van der Waals surface area contributed by atoms with Crippen molar-refractivity contribution in [2.75, 3.05) is 45.8 Å². The first-order valence-corrected chi connectivity index (χ1v) is 12.2. The summed E-state index contributed by atoms with van der Waals surface area (Å²) in [7, 11) is 0. The van der Waals surface area contributed by atoms with Crippen molar-refractivity contribution < 1.29 is 14.0 Å². The van der Waals surface area contributed by atoms with Crippen LogP contribution in [0.3, 0.4) is 0 Å². The van der Waals surface area contributed by atoms with Gasteiger partial charge in [-0.05, 0) is 68.8 Å². The van der Waals surface area contributed by atoms with Crippen LogP contribution >= 0.6 is 0 Å². The predicted octanol–water partition coefficient (Wildman–Crippen LogP) is 3.79. The Hall–Kier alpha value is -1.95. The smallest absolute Gasteiger partial charge is 0.253 e. The van der Waals surface area contributed by atoms with Gasteiger partial charge in [0, 0.05) is 44.8 Å². The van der Waals surface area contributed by atoms with Crippen LogP contribution in [0.2, 0.25) is 0 Å². The third-order valence-electron chi connectivity index (χ3n) is 7.29. The minimum atomic E-state index is -0.345. The summed E-state index contributed by atoms with van der Waals surface area (Å²) in [4.78, 5) is 32.5. The molecule has 5 nitrogen and oxygen atoms in total. The topological polar surface area (TPSA) is 43.9 Å². The highest BCUT2D eigenvalue weighted by Gasteiger charge is 2.32. The highest BCUT2D eigenvalue weighted by Crippen LogP contribution is 2.25. The molecule has 1 atom stereocenters. The minimum absolute atomic E-state index is 0.105. The van der Waals surface area contributed by atoms with Crippen LogP contribution in [-0.4, -0.2) is 72.3 Å². The van der Waals surface area contributed by atoms with E-state index in [1.807, 2.05) is 4.90 Å². The van der Waals surface area contributed by atoms with Gasteiger partial charge in [0.25, 0.3) is 5.91 Å². The molecule has 2 amide bonds. The molecule has 1 aromatic rings. The second-order valence-electron chi connectivity index (χ2n) is 9.58. The molecule has 0 aromatic heterocycles. The molecule has 4 rings (SSSR count). The summed E-state index contributed by atoms with van der Waals surface area (Å²) in [5, 5.41) is 0. The van der Waals surface area contributed by atoms with Gasteiger partial charge in [-0.25, -0.2) is 4.39 Å². The van der Waals surface area contributed by atoms with Gasteiger partial charge >= 0.3 is 0 Å². The quantitative estimate of drug-likeness (QED) is 0.731. The Labute approximate surface area is 185 Å². The fourth-order valence-corrected chi connectivity index (χ4v) is 5.51. The maximum atomic E-state index is 13.3. The molecule has 2 aliphatic heterocycles. The Kier molecular flexibility index (Phi) is 7.59. The van der Waals surface area contributed by atoms with E-state index in [2.05, 4.69) is 4.90 Å². The molecule has 0 spiro atoms. The first-order valence-electron chi connectivity index (χ1n) is 12.2. The monoisotopic (exact) mass is 429 g/mol.